The summed E-state index contributed by atoms with van der Waals surface area (Å²) in [7, 11) is 0. The van der Waals surface area contributed by atoms with E-state index in [-0.39, 0.29) is 5.82 Å². The first-order valence-electron chi connectivity index (χ1n) is 4.11. The SMILES string of the molecule is N#CC1OCCc2ccc(F)cc21. The van der Waals surface area contributed by atoms with Crippen LogP contribution in [0.15, 0.2) is 18.2 Å². The Morgan fingerprint density at radius 3 is 3.15 bits per heavy atom. The lowest BCUT2D eigenvalue weighted by molar-refractivity contribution is 0.0797. The molecule has 0 aliphatic carbocycles. The number of fused-ring (bicyclic) bond motifs is 1. The van der Waals surface area contributed by atoms with Crippen molar-refractivity contribution in [3.05, 3.63) is 35.1 Å². The van der Waals surface area contributed by atoms with Crippen molar-refractivity contribution in [2.75, 3.05) is 6.61 Å². The van der Waals surface area contributed by atoms with E-state index in [9.17, 15) is 4.39 Å². The zero-order valence-corrected chi connectivity index (χ0v) is 6.96. The van der Waals surface area contributed by atoms with Crippen molar-refractivity contribution in [3.8, 4) is 6.07 Å². The fourth-order valence-electron chi connectivity index (χ4n) is 1.52. The van der Waals surface area contributed by atoms with Crippen LogP contribution in [0.3, 0.4) is 0 Å². The van der Waals surface area contributed by atoms with Gasteiger partial charge in [0.15, 0.2) is 6.10 Å². The van der Waals surface area contributed by atoms with Crippen LogP contribution >= 0.6 is 0 Å². The summed E-state index contributed by atoms with van der Waals surface area (Å²) in [6.45, 7) is 0.539. The van der Waals surface area contributed by atoms with Crippen LogP contribution in [0.5, 0.6) is 0 Å². The minimum atomic E-state index is -0.598. The van der Waals surface area contributed by atoms with Gasteiger partial charge in [-0.15, -0.1) is 0 Å². The number of hydrogen-bond acceptors (Lipinski definition) is 2. The number of hydrogen-bond donors (Lipinski definition) is 0. The molecule has 1 aromatic carbocycles. The first kappa shape index (κ1) is 8.21. The van der Waals surface area contributed by atoms with Gasteiger partial charge in [-0.25, -0.2) is 4.39 Å². The molecule has 1 unspecified atom stereocenters. The van der Waals surface area contributed by atoms with Gasteiger partial charge in [0, 0.05) is 5.56 Å². The monoisotopic (exact) mass is 177 g/mol. The summed E-state index contributed by atoms with van der Waals surface area (Å²) >= 11 is 0. The summed E-state index contributed by atoms with van der Waals surface area (Å²) < 4.78 is 18.0. The van der Waals surface area contributed by atoms with Gasteiger partial charge in [-0.05, 0) is 24.1 Å². The molecule has 0 aromatic heterocycles. The van der Waals surface area contributed by atoms with Crippen molar-refractivity contribution in [2.24, 2.45) is 0 Å². The molecule has 1 heterocycles. The molecule has 0 saturated carbocycles. The molecule has 1 aromatic rings. The van der Waals surface area contributed by atoms with Crippen molar-refractivity contribution in [3.63, 3.8) is 0 Å². The summed E-state index contributed by atoms with van der Waals surface area (Å²) in [6.07, 6.45) is 0.160. The number of rotatable bonds is 0. The van der Waals surface area contributed by atoms with E-state index >= 15 is 0 Å². The molecule has 0 saturated heterocycles. The predicted molar refractivity (Wildman–Crippen MR) is 44.4 cm³/mol. The maximum atomic E-state index is 12.8. The van der Waals surface area contributed by atoms with E-state index in [0.29, 0.717) is 12.2 Å². The Balaban J connectivity index is 2.49. The molecular weight excluding hydrogens is 169 g/mol. The highest BCUT2D eigenvalue weighted by Crippen LogP contribution is 2.26. The van der Waals surface area contributed by atoms with E-state index in [2.05, 4.69) is 0 Å². The minimum absolute atomic E-state index is 0.315. The lowest BCUT2D eigenvalue weighted by atomic mass is 9.98. The standard InChI is InChI=1S/C10H8FNO/c11-8-2-1-7-3-4-13-10(6-12)9(7)5-8/h1-2,5,10H,3-4H2. The second-order valence-electron chi connectivity index (χ2n) is 2.97. The molecule has 0 N–H and O–H groups in total. The van der Waals surface area contributed by atoms with E-state index in [4.69, 9.17) is 10.00 Å². The van der Waals surface area contributed by atoms with E-state index < -0.39 is 6.10 Å². The second-order valence-corrected chi connectivity index (χ2v) is 2.97. The molecule has 0 radical (unpaired) electrons. The first-order chi connectivity index (χ1) is 6.31. The van der Waals surface area contributed by atoms with Gasteiger partial charge < -0.3 is 4.74 Å². The third-order valence-corrected chi connectivity index (χ3v) is 2.16. The number of halogens is 1. The van der Waals surface area contributed by atoms with Crippen molar-refractivity contribution in [2.45, 2.75) is 12.5 Å². The highest BCUT2D eigenvalue weighted by Gasteiger charge is 2.20. The number of benzene rings is 1. The predicted octanol–water partition coefficient (Wildman–Crippen LogP) is 1.96. The quantitative estimate of drug-likeness (QED) is 0.606. The summed E-state index contributed by atoms with van der Waals surface area (Å²) in [5.41, 5.74) is 1.69. The van der Waals surface area contributed by atoms with Crippen molar-refractivity contribution >= 4 is 0 Å². The van der Waals surface area contributed by atoms with Crippen LogP contribution in [0.25, 0.3) is 0 Å². The third-order valence-electron chi connectivity index (χ3n) is 2.16. The minimum Gasteiger partial charge on any atom is -0.358 e. The van der Waals surface area contributed by atoms with Gasteiger partial charge in [-0.3, -0.25) is 0 Å². The topological polar surface area (TPSA) is 33.0 Å². The van der Waals surface area contributed by atoms with Crippen LogP contribution in [-0.4, -0.2) is 6.61 Å². The Labute approximate surface area is 75.6 Å². The fourth-order valence-corrected chi connectivity index (χ4v) is 1.52. The molecule has 1 aliphatic heterocycles. The van der Waals surface area contributed by atoms with E-state index in [1.165, 1.54) is 12.1 Å². The zero-order chi connectivity index (χ0) is 9.26. The van der Waals surface area contributed by atoms with Crippen molar-refractivity contribution in [1.29, 1.82) is 5.26 Å². The fraction of sp³-hybridized carbons (Fsp3) is 0.300. The largest absolute Gasteiger partial charge is 0.358 e. The Bertz CT molecular complexity index is 370. The average Bonchev–Trinajstić information content (AvgIpc) is 2.17. The molecule has 0 bridgehead atoms. The van der Waals surface area contributed by atoms with Crippen LogP contribution in [0.4, 0.5) is 4.39 Å². The molecular formula is C10H8FNO. The zero-order valence-electron chi connectivity index (χ0n) is 6.96. The van der Waals surface area contributed by atoms with Gasteiger partial charge in [0.25, 0.3) is 0 Å². The number of ether oxygens (including phenoxy) is 1. The molecule has 3 heteroatoms. The molecule has 0 fully saturated rings. The normalized spacial score (nSPS) is 20.5. The molecule has 1 aliphatic rings. The lowest BCUT2D eigenvalue weighted by Gasteiger charge is -2.20. The number of nitrogens with zero attached hydrogens (tertiary/aromatic N) is 1. The van der Waals surface area contributed by atoms with Crippen LogP contribution in [0, 0.1) is 17.1 Å². The molecule has 0 spiro atoms. The van der Waals surface area contributed by atoms with Crippen LogP contribution < -0.4 is 0 Å². The highest BCUT2D eigenvalue weighted by molar-refractivity contribution is 5.34. The smallest absolute Gasteiger partial charge is 0.169 e. The third kappa shape index (κ3) is 1.41. The average molecular weight is 177 g/mol. The Morgan fingerprint density at radius 2 is 2.38 bits per heavy atom. The van der Waals surface area contributed by atoms with Crippen molar-refractivity contribution < 1.29 is 9.13 Å². The van der Waals surface area contributed by atoms with Crippen LogP contribution in [0.2, 0.25) is 0 Å². The molecule has 66 valence electrons. The molecule has 2 rings (SSSR count). The summed E-state index contributed by atoms with van der Waals surface area (Å²) in [6, 6.07) is 6.51. The summed E-state index contributed by atoms with van der Waals surface area (Å²) in [4.78, 5) is 0. The van der Waals surface area contributed by atoms with Crippen LogP contribution in [-0.2, 0) is 11.2 Å². The van der Waals surface area contributed by atoms with Gasteiger partial charge in [0.1, 0.15) is 5.82 Å². The van der Waals surface area contributed by atoms with Gasteiger partial charge in [0.2, 0.25) is 0 Å². The van der Waals surface area contributed by atoms with Crippen LogP contribution in [0.1, 0.15) is 17.2 Å². The summed E-state index contributed by atoms with van der Waals surface area (Å²) in [5, 5.41) is 8.73. The second kappa shape index (κ2) is 3.15. The Kier molecular flexibility index (Phi) is 1.99. The molecule has 1 atom stereocenters. The van der Waals surface area contributed by atoms with E-state index in [0.717, 1.165) is 12.0 Å². The molecule has 0 amide bonds. The van der Waals surface area contributed by atoms with Gasteiger partial charge in [0.05, 0.1) is 12.7 Å². The Morgan fingerprint density at radius 1 is 1.54 bits per heavy atom. The highest BCUT2D eigenvalue weighted by atomic mass is 19.1. The summed E-state index contributed by atoms with van der Waals surface area (Å²) in [5.74, 6) is -0.315. The van der Waals surface area contributed by atoms with Gasteiger partial charge in [-0.1, -0.05) is 6.07 Å². The van der Waals surface area contributed by atoms with Gasteiger partial charge >= 0.3 is 0 Å². The van der Waals surface area contributed by atoms with E-state index in [1.54, 1.807) is 6.07 Å². The number of nitriles is 1. The van der Waals surface area contributed by atoms with Crippen molar-refractivity contribution in [1.82, 2.24) is 0 Å². The maximum absolute atomic E-state index is 12.8. The maximum Gasteiger partial charge on any atom is 0.169 e. The van der Waals surface area contributed by atoms with E-state index in [1.807, 2.05) is 6.07 Å². The van der Waals surface area contributed by atoms with Gasteiger partial charge in [-0.2, -0.15) is 5.26 Å². The first-order valence-corrected chi connectivity index (χ1v) is 4.11. The molecule has 13 heavy (non-hydrogen) atoms. The Hall–Kier alpha value is -1.40. The lowest BCUT2D eigenvalue weighted by Crippen LogP contribution is -2.15. The molecule has 2 nitrogen and oxygen atoms in total.